The molecule has 0 heterocycles. The number of ether oxygens (including phenoxy) is 1. The van der Waals surface area contributed by atoms with Gasteiger partial charge in [-0.05, 0) is 31.6 Å². The van der Waals surface area contributed by atoms with Crippen molar-refractivity contribution in [1.82, 2.24) is 4.90 Å². The summed E-state index contributed by atoms with van der Waals surface area (Å²) in [6.45, 7) is 7.28. The molecule has 0 saturated heterocycles. The van der Waals surface area contributed by atoms with E-state index in [1.54, 1.807) is 7.11 Å². The van der Waals surface area contributed by atoms with Crippen LogP contribution in [0.3, 0.4) is 0 Å². The number of benzene rings is 1. The lowest BCUT2D eigenvalue weighted by molar-refractivity contribution is 0.150. The van der Waals surface area contributed by atoms with E-state index in [9.17, 15) is 0 Å². The SMILES string of the molecule is CCN(CCCNc1ccccc1)CCOC. The number of nitrogens with zero attached hydrogens (tertiary/aromatic N) is 1. The van der Waals surface area contributed by atoms with E-state index < -0.39 is 0 Å². The van der Waals surface area contributed by atoms with Gasteiger partial charge in [-0.25, -0.2) is 0 Å². The van der Waals surface area contributed by atoms with Gasteiger partial charge < -0.3 is 15.0 Å². The molecule has 1 aromatic rings. The third-order valence-electron chi connectivity index (χ3n) is 2.81. The van der Waals surface area contributed by atoms with Gasteiger partial charge in [-0.1, -0.05) is 25.1 Å². The Labute approximate surface area is 105 Å². The van der Waals surface area contributed by atoms with E-state index in [1.165, 1.54) is 5.69 Å². The van der Waals surface area contributed by atoms with E-state index in [0.29, 0.717) is 0 Å². The number of para-hydroxylation sites is 1. The van der Waals surface area contributed by atoms with Gasteiger partial charge in [0, 0.05) is 25.9 Å². The summed E-state index contributed by atoms with van der Waals surface area (Å²) >= 11 is 0. The topological polar surface area (TPSA) is 24.5 Å². The summed E-state index contributed by atoms with van der Waals surface area (Å²) in [4.78, 5) is 2.41. The monoisotopic (exact) mass is 236 g/mol. The van der Waals surface area contributed by atoms with E-state index in [2.05, 4.69) is 41.4 Å². The second kappa shape index (κ2) is 9.02. The molecule has 0 saturated carbocycles. The summed E-state index contributed by atoms with van der Waals surface area (Å²) in [7, 11) is 1.75. The molecular formula is C14H24N2O. The number of hydrogen-bond acceptors (Lipinski definition) is 3. The van der Waals surface area contributed by atoms with Crippen LogP contribution in [0.5, 0.6) is 0 Å². The minimum atomic E-state index is 0.819. The molecule has 0 unspecified atom stereocenters. The molecule has 3 heteroatoms. The van der Waals surface area contributed by atoms with Gasteiger partial charge in [-0.15, -0.1) is 0 Å². The molecule has 1 rings (SSSR count). The molecule has 0 aromatic heterocycles. The standard InChI is InChI=1S/C14H24N2O/c1-3-16(12-13-17-2)11-7-10-15-14-8-5-4-6-9-14/h4-6,8-9,15H,3,7,10-13H2,1-2H3. The Bertz CT molecular complexity index is 277. The van der Waals surface area contributed by atoms with Gasteiger partial charge in [0.15, 0.2) is 0 Å². The first kappa shape index (κ1) is 14.0. The molecule has 0 aliphatic heterocycles. The van der Waals surface area contributed by atoms with Crippen LogP contribution in [0.4, 0.5) is 5.69 Å². The van der Waals surface area contributed by atoms with Gasteiger partial charge in [-0.2, -0.15) is 0 Å². The summed E-state index contributed by atoms with van der Waals surface area (Å²) in [5.41, 5.74) is 1.20. The second-order valence-electron chi connectivity index (χ2n) is 4.07. The molecule has 0 bridgehead atoms. The van der Waals surface area contributed by atoms with Gasteiger partial charge >= 0.3 is 0 Å². The number of hydrogen-bond donors (Lipinski definition) is 1. The molecule has 0 aliphatic carbocycles. The maximum Gasteiger partial charge on any atom is 0.0589 e. The third kappa shape index (κ3) is 6.29. The van der Waals surface area contributed by atoms with Crippen molar-refractivity contribution in [2.45, 2.75) is 13.3 Å². The van der Waals surface area contributed by atoms with Crippen LogP contribution in [-0.2, 0) is 4.74 Å². The molecule has 0 aliphatic rings. The lowest BCUT2D eigenvalue weighted by Gasteiger charge is -2.19. The van der Waals surface area contributed by atoms with Gasteiger partial charge in [0.25, 0.3) is 0 Å². The second-order valence-corrected chi connectivity index (χ2v) is 4.07. The molecule has 1 aromatic carbocycles. The van der Waals surface area contributed by atoms with E-state index in [0.717, 1.165) is 39.2 Å². The highest BCUT2D eigenvalue weighted by Crippen LogP contribution is 2.04. The zero-order valence-corrected chi connectivity index (χ0v) is 11.0. The summed E-state index contributed by atoms with van der Waals surface area (Å²) in [6.07, 6.45) is 1.16. The first-order valence-electron chi connectivity index (χ1n) is 6.37. The van der Waals surface area contributed by atoms with E-state index in [4.69, 9.17) is 4.74 Å². The van der Waals surface area contributed by atoms with Crippen molar-refractivity contribution in [2.75, 3.05) is 45.2 Å². The van der Waals surface area contributed by atoms with Crippen LogP contribution in [-0.4, -0.2) is 44.8 Å². The number of likely N-dealkylation sites (N-methyl/N-ethyl adjacent to an activating group) is 1. The van der Waals surface area contributed by atoms with E-state index in [1.807, 2.05) is 6.07 Å². The molecule has 0 atom stereocenters. The maximum absolute atomic E-state index is 5.09. The molecule has 17 heavy (non-hydrogen) atoms. The average Bonchev–Trinajstić information content (AvgIpc) is 2.39. The highest BCUT2D eigenvalue weighted by molar-refractivity contribution is 5.42. The quantitative estimate of drug-likeness (QED) is 0.667. The molecule has 0 fully saturated rings. The van der Waals surface area contributed by atoms with Crippen LogP contribution in [0.1, 0.15) is 13.3 Å². The van der Waals surface area contributed by atoms with Crippen molar-refractivity contribution in [3.05, 3.63) is 30.3 Å². The number of methoxy groups -OCH3 is 1. The minimum Gasteiger partial charge on any atom is -0.385 e. The average molecular weight is 236 g/mol. The Morgan fingerprint density at radius 1 is 1.18 bits per heavy atom. The van der Waals surface area contributed by atoms with Crippen molar-refractivity contribution >= 4 is 5.69 Å². The fraction of sp³-hybridized carbons (Fsp3) is 0.571. The maximum atomic E-state index is 5.09. The molecule has 1 N–H and O–H groups in total. The summed E-state index contributed by atoms with van der Waals surface area (Å²) in [6, 6.07) is 10.3. The summed E-state index contributed by atoms with van der Waals surface area (Å²) in [5, 5.41) is 3.42. The summed E-state index contributed by atoms with van der Waals surface area (Å²) in [5.74, 6) is 0. The minimum absolute atomic E-state index is 0.819. The normalized spacial score (nSPS) is 10.8. The van der Waals surface area contributed by atoms with E-state index in [-0.39, 0.29) is 0 Å². The highest BCUT2D eigenvalue weighted by atomic mass is 16.5. The first-order chi connectivity index (χ1) is 8.36. The molecular weight excluding hydrogens is 212 g/mol. The van der Waals surface area contributed by atoms with Crippen molar-refractivity contribution in [3.8, 4) is 0 Å². The fourth-order valence-electron chi connectivity index (χ4n) is 1.74. The number of rotatable bonds is 9. The van der Waals surface area contributed by atoms with Crippen LogP contribution >= 0.6 is 0 Å². The molecule has 0 amide bonds. The van der Waals surface area contributed by atoms with Crippen LogP contribution in [0.15, 0.2) is 30.3 Å². The molecule has 0 radical (unpaired) electrons. The van der Waals surface area contributed by atoms with E-state index >= 15 is 0 Å². The fourth-order valence-corrected chi connectivity index (χ4v) is 1.74. The van der Waals surface area contributed by atoms with Crippen molar-refractivity contribution in [2.24, 2.45) is 0 Å². The Morgan fingerprint density at radius 2 is 1.94 bits per heavy atom. The van der Waals surface area contributed by atoms with Gasteiger partial charge in [0.2, 0.25) is 0 Å². The van der Waals surface area contributed by atoms with Crippen LogP contribution < -0.4 is 5.32 Å². The lowest BCUT2D eigenvalue weighted by atomic mass is 10.3. The smallest absolute Gasteiger partial charge is 0.0589 e. The zero-order chi connectivity index (χ0) is 12.3. The molecule has 3 nitrogen and oxygen atoms in total. The largest absolute Gasteiger partial charge is 0.385 e. The molecule has 0 spiro atoms. The Hall–Kier alpha value is -1.06. The zero-order valence-electron chi connectivity index (χ0n) is 11.0. The predicted molar refractivity (Wildman–Crippen MR) is 73.5 cm³/mol. The first-order valence-corrected chi connectivity index (χ1v) is 6.37. The molecule has 96 valence electrons. The van der Waals surface area contributed by atoms with Crippen LogP contribution in [0.2, 0.25) is 0 Å². The number of anilines is 1. The van der Waals surface area contributed by atoms with Gasteiger partial charge in [-0.3, -0.25) is 0 Å². The third-order valence-corrected chi connectivity index (χ3v) is 2.81. The van der Waals surface area contributed by atoms with Gasteiger partial charge in [0.1, 0.15) is 0 Å². The van der Waals surface area contributed by atoms with Crippen LogP contribution in [0, 0.1) is 0 Å². The Balaban J connectivity index is 2.10. The lowest BCUT2D eigenvalue weighted by Crippen LogP contribution is -2.29. The Morgan fingerprint density at radius 3 is 2.59 bits per heavy atom. The number of nitrogens with one attached hydrogen (secondary N) is 1. The van der Waals surface area contributed by atoms with Crippen molar-refractivity contribution in [1.29, 1.82) is 0 Å². The van der Waals surface area contributed by atoms with Crippen LogP contribution in [0.25, 0.3) is 0 Å². The van der Waals surface area contributed by atoms with Crippen molar-refractivity contribution in [3.63, 3.8) is 0 Å². The Kier molecular flexibility index (Phi) is 7.43. The van der Waals surface area contributed by atoms with Crippen molar-refractivity contribution < 1.29 is 4.74 Å². The predicted octanol–water partition coefficient (Wildman–Crippen LogP) is 2.46. The summed E-state index contributed by atoms with van der Waals surface area (Å²) < 4.78 is 5.09. The van der Waals surface area contributed by atoms with Gasteiger partial charge in [0.05, 0.1) is 6.61 Å². The highest BCUT2D eigenvalue weighted by Gasteiger charge is 2.00.